The second-order valence-corrected chi connectivity index (χ2v) is 6.35. The van der Waals surface area contributed by atoms with E-state index in [0.717, 1.165) is 35.5 Å². The third-order valence-corrected chi connectivity index (χ3v) is 4.76. The van der Waals surface area contributed by atoms with E-state index in [1.807, 2.05) is 25.1 Å². The Morgan fingerprint density at radius 1 is 1.20 bits per heavy atom. The highest BCUT2D eigenvalue weighted by Crippen LogP contribution is 2.24. The molecule has 1 heterocycles. The van der Waals surface area contributed by atoms with Crippen LogP contribution in [0.25, 0.3) is 11.1 Å². The van der Waals surface area contributed by atoms with Crippen molar-refractivity contribution in [3.63, 3.8) is 0 Å². The number of amides is 1. The summed E-state index contributed by atoms with van der Waals surface area (Å²) in [5.74, 6) is 1.53. The Kier molecular flexibility index (Phi) is 6.85. The molecule has 0 radical (unpaired) electrons. The number of rotatable bonds is 6. The molecule has 1 saturated heterocycles. The van der Waals surface area contributed by atoms with E-state index in [1.54, 1.807) is 7.11 Å². The third-order valence-electron chi connectivity index (χ3n) is 4.76. The molecular weight excluding hydrogens is 336 g/mol. The van der Waals surface area contributed by atoms with Crippen molar-refractivity contribution in [2.24, 2.45) is 11.8 Å². The molecule has 1 amide bonds. The second kappa shape index (κ2) is 8.88. The maximum absolute atomic E-state index is 12.2. The molecule has 2 aromatic rings. The molecule has 1 fully saturated rings. The molecule has 0 saturated carbocycles. The van der Waals surface area contributed by atoms with Crippen molar-refractivity contribution >= 4 is 18.3 Å². The summed E-state index contributed by atoms with van der Waals surface area (Å²) in [5.41, 5.74) is 3.36. The Balaban J connectivity index is 0.00000225. The molecule has 1 atom stereocenters. The zero-order chi connectivity index (χ0) is 16.9. The number of hydrogen-bond acceptors (Lipinski definition) is 3. The largest absolute Gasteiger partial charge is 0.497 e. The zero-order valence-electron chi connectivity index (χ0n) is 14.6. The van der Waals surface area contributed by atoms with Crippen LogP contribution in [-0.2, 0) is 11.3 Å². The minimum Gasteiger partial charge on any atom is -0.497 e. The van der Waals surface area contributed by atoms with Crippen LogP contribution in [0.3, 0.4) is 0 Å². The highest BCUT2D eigenvalue weighted by molar-refractivity contribution is 5.85. The molecular formula is C20H25ClN2O2. The molecule has 25 heavy (non-hydrogen) atoms. The first-order valence-electron chi connectivity index (χ1n) is 8.39. The fraction of sp³-hybridized carbons (Fsp3) is 0.350. The standard InChI is InChI=1S/C20H24N2O2.ClH/c1-14(18-12-21-13-18)20(23)22-11-15-6-8-16(9-7-15)17-4-3-5-19(10-17)24-2;/h3-10,14,18,21H,11-13H2,1-2H3,(H,22,23);1H. The molecule has 2 N–H and O–H groups in total. The number of hydrogen-bond donors (Lipinski definition) is 2. The van der Waals surface area contributed by atoms with Gasteiger partial charge in [-0.25, -0.2) is 0 Å². The summed E-state index contributed by atoms with van der Waals surface area (Å²) < 4.78 is 5.27. The van der Waals surface area contributed by atoms with E-state index in [9.17, 15) is 4.79 Å². The number of carbonyl (C=O) groups is 1. The van der Waals surface area contributed by atoms with Gasteiger partial charge in [-0.1, -0.05) is 43.3 Å². The first-order valence-corrected chi connectivity index (χ1v) is 8.39. The van der Waals surface area contributed by atoms with Crippen molar-refractivity contribution in [3.8, 4) is 16.9 Å². The smallest absolute Gasteiger partial charge is 0.223 e. The predicted molar refractivity (Wildman–Crippen MR) is 103 cm³/mol. The molecule has 5 heteroatoms. The second-order valence-electron chi connectivity index (χ2n) is 6.35. The average Bonchev–Trinajstić information content (AvgIpc) is 2.58. The number of nitrogens with one attached hydrogen (secondary N) is 2. The Morgan fingerprint density at radius 3 is 2.52 bits per heavy atom. The Morgan fingerprint density at radius 2 is 1.92 bits per heavy atom. The summed E-state index contributed by atoms with van der Waals surface area (Å²) in [6, 6.07) is 16.3. The van der Waals surface area contributed by atoms with Crippen molar-refractivity contribution in [2.75, 3.05) is 20.2 Å². The van der Waals surface area contributed by atoms with Crippen LogP contribution in [0.2, 0.25) is 0 Å². The monoisotopic (exact) mass is 360 g/mol. The van der Waals surface area contributed by atoms with Crippen LogP contribution in [0.1, 0.15) is 12.5 Å². The first kappa shape index (κ1) is 19.3. The van der Waals surface area contributed by atoms with Crippen molar-refractivity contribution < 1.29 is 9.53 Å². The van der Waals surface area contributed by atoms with Crippen LogP contribution in [-0.4, -0.2) is 26.1 Å². The summed E-state index contributed by atoms with van der Waals surface area (Å²) in [6.45, 7) is 4.47. The number of carbonyl (C=O) groups excluding carboxylic acids is 1. The highest BCUT2D eigenvalue weighted by Gasteiger charge is 2.28. The molecule has 1 aliphatic rings. The van der Waals surface area contributed by atoms with Gasteiger partial charge in [-0.3, -0.25) is 4.79 Å². The quantitative estimate of drug-likeness (QED) is 0.831. The number of methoxy groups -OCH3 is 1. The van der Waals surface area contributed by atoms with Gasteiger partial charge in [-0.15, -0.1) is 12.4 Å². The van der Waals surface area contributed by atoms with E-state index < -0.39 is 0 Å². The van der Waals surface area contributed by atoms with Gasteiger partial charge in [0.15, 0.2) is 0 Å². The van der Waals surface area contributed by atoms with E-state index >= 15 is 0 Å². The normalized spacial score (nSPS) is 14.8. The number of ether oxygens (including phenoxy) is 1. The van der Waals surface area contributed by atoms with Gasteiger partial charge in [0.05, 0.1) is 7.11 Å². The molecule has 0 bridgehead atoms. The molecule has 3 rings (SSSR count). The fourth-order valence-electron chi connectivity index (χ4n) is 2.85. The van der Waals surface area contributed by atoms with E-state index in [1.165, 1.54) is 0 Å². The number of benzene rings is 2. The van der Waals surface area contributed by atoms with Crippen LogP contribution >= 0.6 is 12.4 Å². The molecule has 4 nitrogen and oxygen atoms in total. The summed E-state index contributed by atoms with van der Waals surface area (Å²) in [5, 5.41) is 6.25. The lowest BCUT2D eigenvalue weighted by Crippen LogP contribution is -2.49. The summed E-state index contributed by atoms with van der Waals surface area (Å²) in [6.07, 6.45) is 0. The minimum absolute atomic E-state index is 0. The topological polar surface area (TPSA) is 50.4 Å². The average molecular weight is 361 g/mol. The first-order chi connectivity index (χ1) is 11.7. The lowest BCUT2D eigenvalue weighted by Gasteiger charge is -2.31. The van der Waals surface area contributed by atoms with Crippen molar-refractivity contribution in [3.05, 3.63) is 54.1 Å². The molecule has 0 aliphatic carbocycles. The van der Waals surface area contributed by atoms with Crippen LogP contribution < -0.4 is 15.4 Å². The van der Waals surface area contributed by atoms with Gasteiger partial charge in [-0.2, -0.15) is 0 Å². The Bertz CT molecular complexity index is 699. The van der Waals surface area contributed by atoms with E-state index in [-0.39, 0.29) is 24.2 Å². The van der Waals surface area contributed by atoms with Crippen molar-refractivity contribution in [1.29, 1.82) is 0 Å². The molecule has 1 aliphatic heterocycles. The fourth-order valence-corrected chi connectivity index (χ4v) is 2.85. The van der Waals surface area contributed by atoms with Crippen molar-refractivity contribution in [1.82, 2.24) is 10.6 Å². The molecule has 1 unspecified atom stereocenters. The van der Waals surface area contributed by atoms with Gasteiger partial charge >= 0.3 is 0 Å². The predicted octanol–water partition coefficient (Wildman–Crippen LogP) is 3.26. The summed E-state index contributed by atoms with van der Waals surface area (Å²) in [4.78, 5) is 12.2. The minimum atomic E-state index is 0. The third kappa shape index (κ3) is 4.74. The lowest BCUT2D eigenvalue weighted by molar-refractivity contribution is -0.126. The van der Waals surface area contributed by atoms with Gasteiger partial charge in [0, 0.05) is 12.5 Å². The van der Waals surface area contributed by atoms with Gasteiger partial charge in [0.2, 0.25) is 5.91 Å². The van der Waals surface area contributed by atoms with E-state index in [2.05, 4.69) is 41.0 Å². The summed E-state index contributed by atoms with van der Waals surface area (Å²) in [7, 11) is 1.67. The van der Waals surface area contributed by atoms with Crippen LogP contribution in [0.4, 0.5) is 0 Å². The van der Waals surface area contributed by atoms with E-state index in [4.69, 9.17) is 4.74 Å². The van der Waals surface area contributed by atoms with Crippen LogP contribution in [0.15, 0.2) is 48.5 Å². The summed E-state index contributed by atoms with van der Waals surface area (Å²) >= 11 is 0. The van der Waals surface area contributed by atoms with Gasteiger partial charge in [0.25, 0.3) is 0 Å². The maximum atomic E-state index is 12.2. The molecule has 2 aromatic carbocycles. The Hall–Kier alpha value is -2.04. The Labute approximate surface area is 155 Å². The van der Waals surface area contributed by atoms with Gasteiger partial charge in [0.1, 0.15) is 5.75 Å². The van der Waals surface area contributed by atoms with Crippen LogP contribution in [0.5, 0.6) is 5.75 Å². The highest BCUT2D eigenvalue weighted by atomic mass is 35.5. The maximum Gasteiger partial charge on any atom is 0.223 e. The molecule has 134 valence electrons. The number of halogens is 1. The lowest BCUT2D eigenvalue weighted by atomic mass is 9.88. The molecule has 0 spiro atoms. The van der Waals surface area contributed by atoms with Crippen LogP contribution in [0, 0.1) is 11.8 Å². The SMILES string of the molecule is COc1cccc(-c2ccc(CNC(=O)C(C)C3CNC3)cc2)c1.Cl. The van der Waals surface area contributed by atoms with Crippen molar-refractivity contribution in [2.45, 2.75) is 13.5 Å². The van der Waals surface area contributed by atoms with Gasteiger partial charge in [-0.05, 0) is 47.8 Å². The molecule has 0 aromatic heterocycles. The van der Waals surface area contributed by atoms with Gasteiger partial charge < -0.3 is 15.4 Å². The zero-order valence-corrected chi connectivity index (χ0v) is 15.4. The van der Waals surface area contributed by atoms with E-state index in [0.29, 0.717) is 12.5 Å².